The van der Waals surface area contributed by atoms with Gasteiger partial charge in [-0.25, -0.2) is 4.98 Å². The van der Waals surface area contributed by atoms with Crippen LogP contribution in [0.25, 0.3) is 5.65 Å². The van der Waals surface area contributed by atoms with Gasteiger partial charge in [0, 0.05) is 30.9 Å². The first-order valence-electron chi connectivity index (χ1n) is 6.65. The molecule has 3 heterocycles. The van der Waals surface area contributed by atoms with E-state index in [0.29, 0.717) is 6.04 Å². The van der Waals surface area contributed by atoms with Crippen molar-refractivity contribution in [3.63, 3.8) is 0 Å². The molecular formula is C14H18ClN3. The van der Waals surface area contributed by atoms with E-state index in [1.807, 2.05) is 18.5 Å². The molecule has 18 heavy (non-hydrogen) atoms. The molecule has 0 amide bonds. The predicted octanol–water partition coefficient (Wildman–Crippen LogP) is 3.32. The molecule has 4 heteroatoms. The molecule has 1 aliphatic heterocycles. The Morgan fingerprint density at radius 2 is 2.28 bits per heavy atom. The van der Waals surface area contributed by atoms with E-state index in [9.17, 15) is 0 Å². The zero-order valence-corrected chi connectivity index (χ0v) is 11.2. The Bertz CT molecular complexity index is 520. The minimum absolute atomic E-state index is 0.573. The molecule has 1 fully saturated rings. The Balaban J connectivity index is 1.98. The van der Waals surface area contributed by atoms with E-state index < -0.39 is 0 Å². The van der Waals surface area contributed by atoms with Gasteiger partial charge in [-0.3, -0.25) is 4.40 Å². The highest BCUT2D eigenvalue weighted by Gasteiger charge is 2.23. The topological polar surface area (TPSA) is 20.5 Å². The molecule has 1 unspecified atom stereocenters. The molecule has 2 aromatic rings. The largest absolute Gasteiger partial charge is 0.355 e. The fourth-order valence-electron chi connectivity index (χ4n) is 2.89. The molecule has 0 N–H and O–H groups in total. The Hall–Kier alpha value is -1.22. The number of aromatic nitrogens is 2. The maximum Gasteiger partial charge on any atom is 0.138 e. The monoisotopic (exact) mass is 263 g/mol. The highest BCUT2D eigenvalue weighted by atomic mass is 35.5. The number of nitrogens with zero attached hydrogens (tertiary/aromatic N) is 3. The number of piperidine rings is 1. The van der Waals surface area contributed by atoms with E-state index >= 15 is 0 Å². The van der Waals surface area contributed by atoms with Crippen LogP contribution in [-0.2, 0) is 0 Å². The number of alkyl halides is 1. The van der Waals surface area contributed by atoms with E-state index in [1.54, 1.807) is 0 Å². The summed E-state index contributed by atoms with van der Waals surface area (Å²) in [6.45, 7) is 1.12. The molecule has 0 spiro atoms. The van der Waals surface area contributed by atoms with Gasteiger partial charge in [-0.1, -0.05) is 6.07 Å². The van der Waals surface area contributed by atoms with Crippen LogP contribution < -0.4 is 4.90 Å². The summed E-state index contributed by atoms with van der Waals surface area (Å²) in [5.74, 6) is 1.99. The summed E-state index contributed by atoms with van der Waals surface area (Å²) in [6, 6.07) is 6.89. The van der Waals surface area contributed by atoms with Crippen molar-refractivity contribution in [3.8, 4) is 0 Å². The second-order valence-electron chi connectivity index (χ2n) is 4.86. The number of imidazole rings is 1. The van der Waals surface area contributed by atoms with Crippen LogP contribution in [0.1, 0.15) is 25.7 Å². The number of fused-ring (bicyclic) bond motifs is 1. The molecule has 0 radical (unpaired) electrons. The van der Waals surface area contributed by atoms with Crippen LogP contribution in [0.3, 0.4) is 0 Å². The van der Waals surface area contributed by atoms with Gasteiger partial charge in [0.25, 0.3) is 0 Å². The van der Waals surface area contributed by atoms with Crippen molar-refractivity contribution in [1.29, 1.82) is 0 Å². The first-order chi connectivity index (χ1) is 8.90. The Morgan fingerprint density at radius 1 is 1.33 bits per heavy atom. The molecule has 0 saturated carbocycles. The van der Waals surface area contributed by atoms with Gasteiger partial charge >= 0.3 is 0 Å². The van der Waals surface area contributed by atoms with Crippen molar-refractivity contribution in [2.24, 2.45) is 0 Å². The Kier molecular flexibility index (Phi) is 3.41. The van der Waals surface area contributed by atoms with Gasteiger partial charge < -0.3 is 4.90 Å². The van der Waals surface area contributed by atoms with Crippen LogP contribution in [0, 0.1) is 0 Å². The first-order valence-corrected chi connectivity index (χ1v) is 7.18. The standard InChI is InChI=1S/C14H18ClN3/c15-8-7-12-4-1-2-10-17(12)14-6-3-5-13-16-9-11-18(13)14/h3,5-6,9,11-12H,1-2,4,7-8,10H2. The number of hydrogen-bond donors (Lipinski definition) is 0. The minimum Gasteiger partial charge on any atom is -0.355 e. The molecule has 0 bridgehead atoms. The maximum atomic E-state index is 5.94. The van der Waals surface area contributed by atoms with Gasteiger partial charge in [-0.15, -0.1) is 11.6 Å². The summed E-state index contributed by atoms with van der Waals surface area (Å²) in [5.41, 5.74) is 1.02. The Labute approximate surface area is 112 Å². The van der Waals surface area contributed by atoms with Gasteiger partial charge in [0.05, 0.1) is 0 Å². The summed E-state index contributed by atoms with van der Waals surface area (Å²) >= 11 is 5.94. The SMILES string of the molecule is ClCCC1CCCCN1c1cccc2nccn12. The molecule has 1 saturated heterocycles. The third-order valence-corrected chi connectivity index (χ3v) is 3.99. The van der Waals surface area contributed by atoms with Crippen molar-refractivity contribution in [1.82, 2.24) is 9.38 Å². The first kappa shape index (κ1) is 11.8. The quantitative estimate of drug-likeness (QED) is 0.792. The van der Waals surface area contributed by atoms with Crippen molar-refractivity contribution >= 4 is 23.1 Å². The van der Waals surface area contributed by atoms with Crippen LogP contribution in [0.2, 0.25) is 0 Å². The van der Waals surface area contributed by atoms with Gasteiger partial charge in [0.15, 0.2) is 0 Å². The second kappa shape index (κ2) is 5.19. The van der Waals surface area contributed by atoms with Crippen LogP contribution in [0.4, 0.5) is 5.82 Å². The fraction of sp³-hybridized carbons (Fsp3) is 0.500. The fourth-order valence-corrected chi connectivity index (χ4v) is 3.15. The number of pyridine rings is 1. The van der Waals surface area contributed by atoms with E-state index in [-0.39, 0.29) is 0 Å². The number of anilines is 1. The summed E-state index contributed by atoms with van der Waals surface area (Å²) < 4.78 is 2.17. The predicted molar refractivity (Wildman–Crippen MR) is 75.5 cm³/mol. The van der Waals surface area contributed by atoms with Gasteiger partial charge in [-0.05, 0) is 37.8 Å². The molecule has 0 aliphatic carbocycles. The van der Waals surface area contributed by atoms with E-state index in [4.69, 9.17) is 11.6 Å². The summed E-state index contributed by atoms with van der Waals surface area (Å²) in [6.07, 6.45) is 8.79. The van der Waals surface area contributed by atoms with E-state index in [1.165, 1.54) is 25.1 Å². The molecule has 2 aromatic heterocycles. The smallest absolute Gasteiger partial charge is 0.138 e. The normalized spacial score (nSPS) is 20.5. The van der Waals surface area contributed by atoms with Gasteiger partial charge in [0.2, 0.25) is 0 Å². The molecule has 96 valence electrons. The van der Waals surface area contributed by atoms with Crippen molar-refractivity contribution in [3.05, 3.63) is 30.6 Å². The maximum absolute atomic E-state index is 5.94. The lowest BCUT2D eigenvalue weighted by atomic mass is 10.00. The summed E-state index contributed by atoms with van der Waals surface area (Å²) in [5, 5.41) is 0. The zero-order valence-electron chi connectivity index (χ0n) is 10.4. The lowest BCUT2D eigenvalue weighted by Gasteiger charge is -2.37. The van der Waals surface area contributed by atoms with Crippen molar-refractivity contribution < 1.29 is 0 Å². The number of hydrogen-bond acceptors (Lipinski definition) is 2. The minimum atomic E-state index is 0.573. The lowest BCUT2D eigenvalue weighted by molar-refractivity contribution is 0.447. The molecule has 0 aromatic carbocycles. The lowest BCUT2D eigenvalue weighted by Crippen LogP contribution is -2.40. The number of halogens is 1. The number of rotatable bonds is 3. The molecule has 3 nitrogen and oxygen atoms in total. The summed E-state index contributed by atoms with van der Waals surface area (Å²) in [4.78, 5) is 6.86. The van der Waals surface area contributed by atoms with Crippen molar-refractivity contribution in [2.45, 2.75) is 31.7 Å². The third-order valence-electron chi connectivity index (χ3n) is 3.77. The summed E-state index contributed by atoms with van der Waals surface area (Å²) in [7, 11) is 0. The molecule has 1 atom stereocenters. The average molecular weight is 264 g/mol. The second-order valence-corrected chi connectivity index (χ2v) is 5.24. The van der Waals surface area contributed by atoms with E-state index in [2.05, 4.69) is 26.4 Å². The van der Waals surface area contributed by atoms with Crippen LogP contribution in [0.5, 0.6) is 0 Å². The van der Waals surface area contributed by atoms with E-state index in [0.717, 1.165) is 24.5 Å². The van der Waals surface area contributed by atoms with Crippen molar-refractivity contribution in [2.75, 3.05) is 17.3 Å². The Morgan fingerprint density at radius 3 is 3.17 bits per heavy atom. The molecule has 1 aliphatic rings. The average Bonchev–Trinajstić information content (AvgIpc) is 2.88. The van der Waals surface area contributed by atoms with Crippen LogP contribution in [-0.4, -0.2) is 27.9 Å². The van der Waals surface area contributed by atoms with Crippen LogP contribution >= 0.6 is 11.6 Å². The molecular weight excluding hydrogens is 246 g/mol. The zero-order chi connectivity index (χ0) is 12.4. The van der Waals surface area contributed by atoms with Gasteiger partial charge in [0.1, 0.15) is 11.5 Å². The highest BCUT2D eigenvalue weighted by Crippen LogP contribution is 2.27. The highest BCUT2D eigenvalue weighted by molar-refractivity contribution is 6.17. The molecule has 3 rings (SSSR count). The van der Waals surface area contributed by atoms with Crippen LogP contribution in [0.15, 0.2) is 30.6 Å². The van der Waals surface area contributed by atoms with Gasteiger partial charge in [-0.2, -0.15) is 0 Å². The third kappa shape index (κ3) is 2.07.